The zero-order valence-electron chi connectivity index (χ0n) is 13.5. The first kappa shape index (κ1) is 17.2. The van der Waals surface area contributed by atoms with E-state index in [1.807, 2.05) is 0 Å². The van der Waals surface area contributed by atoms with Crippen molar-refractivity contribution in [3.8, 4) is 10.6 Å². The number of nitrogens with one attached hydrogen (secondary N) is 2. The van der Waals surface area contributed by atoms with Crippen molar-refractivity contribution >= 4 is 33.8 Å². The van der Waals surface area contributed by atoms with Gasteiger partial charge in [-0.05, 0) is 30.3 Å². The van der Waals surface area contributed by atoms with E-state index in [9.17, 15) is 18.0 Å². The highest BCUT2D eigenvalue weighted by Gasteiger charge is 2.30. The maximum Gasteiger partial charge on any atom is 0.416 e. The number of hydrogen-bond donors (Lipinski definition) is 2. The third-order valence-electron chi connectivity index (χ3n) is 3.87. The number of aromatic nitrogens is 3. The lowest BCUT2D eigenvalue weighted by Crippen LogP contribution is -2.12. The Morgan fingerprint density at radius 1 is 1.15 bits per heavy atom. The molecule has 0 spiro atoms. The summed E-state index contributed by atoms with van der Waals surface area (Å²) < 4.78 is 38.6. The predicted octanol–water partition coefficient (Wildman–Crippen LogP) is 4.96. The van der Waals surface area contributed by atoms with Gasteiger partial charge >= 0.3 is 6.18 Å². The van der Waals surface area contributed by atoms with E-state index < -0.39 is 17.6 Å². The molecule has 9 heteroatoms. The molecule has 0 saturated heterocycles. The summed E-state index contributed by atoms with van der Waals surface area (Å²) >= 11 is 1.11. The van der Waals surface area contributed by atoms with Crippen LogP contribution in [0.4, 0.5) is 18.9 Å². The third-order valence-corrected chi connectivity index (χ3v) is 4.76. The molecule has 0 bridgehead atoms. The summed E-state index contributed by atoms with van der Waals surface area (Å²) in [6, 6.07) is 10.1. The van der Waals surface area contributed by atoms with E-state index in [2.05, 4.69) is 20.5 Å². The van der Waals surface area contributed by atoms with Crippen LogP contribution in [0.25, 0.3) is 21.5 Å². The van der Waals surface area contributed by atoms with Crippen LogP contribution < -0.4 is 5.32 Å². The average molecular weight is 388 g/mol. The molecule has 27 heavy (non-hydrogen) atoms. The van der Waals surface area contributed by atoms with Crippen molar-refractivity contribution < 1.29 is 18.0 Å². The predicted molar refractivity (Wildman–Crippen MR) is 96.6 cm³/mol. The molecule has 0 fully saturated rings. The van der Waals surface area contributed by atoms with Gasteiger partial charge in [-0.3, -0.25) is 9.89 Å². The molecular weight excluding hydrogens is 377 g/mol. The number of fused-ring (bicyclic) bond motifs is 1. The number of anilines is 1. The van der Waals surface area contributed by atoms with Crippen molar-refractivity contribution in [2.75, 3.05) is 5.32 Å². The monoisotopic (exact) mass is 388 g/mol. The van der Waals surface area contributed by atoms with E-state index >= 15 is 0 Å². The molecule has 2 heterocycles. The van der Waals surface area contributed by atoms with Gasteiger partial charge in [-0.1, -0.05) is 12.1 Å². The van der Waals surface area contributed by atoms with Crippen LogP contribution in [0, 0.1) is 0 Å². The lowest BCUT2D eigenvalue weighted by Gasteiger charge is -2.07. The minimum atomic E-state index is -4.43. The van der Waals surface area contributed by atoms with Gasteiger partial charge in [-0.2, -0.15) is 18.3 Å². The highest BCUT2D eigenvalue weighted by atomic mass is 32.1. The van der Waals surface area contributed by atoms with E-state index in [1.165, 1.54) is 17.5 Å². The fourth-order valence-corrected chi connectivity index (χ4v) is 3.35. The highest BCUT2D eigenvalue weighted by Crippen LogP contribution is 2.33. The molecule has 2 N–H and O–H groups in total. The van der Waals surface area contributed by atoms with Crippen LogP contribution in [-0.2, 0) is 6.18 Å². The maximum absolute atomic E-state index is 12.9. The SMILES string of the molecule is O=C(Nc1ccc2[nH]ncc2c1)c1csc(-c2cccc(C(F)(F)F)c2)n1. The van der Waals surface area contributed by atoms with Crippen molar-refractivity contribution in [3.05, 3.63) is 65.3 Å². The van der Waals surface area contributed by atoms with Gasteiger partial charge in [-0.25, -0.2) is 4.98 Å². The molecule has 0 aliphatic carbocycles. The van der Waals surface area contributed by atoms with Gasteiger partial charge in [0, 0.05) is 22.0 Å². The number of hydrogen-bond acceptors (Lipinski definition) is 4. The van der Waals surface area contributed by atoms with Crippen molar-refractivity contribution in [1.82, 2.24) is 15.2 Å². The van der Waals surface area contributed by atoms with Crippen molar-refractivity contribution in [1.29, 1.82) is 0 Å². The molecule has 0 unspecified atom stereocenters. The summed E-state index contributed by atoms with van der Waals surface area (Å²) in [7, 11) is 0. The highest BCUT2D eigenvalue weighted by molar-refractivity contribution is 7.13. The zero-order valence-corrected chi connectivity index (χ0v) is 14.4. The number of aromatic amines is 1. The summed E-state index contributed by atoms with van der Waals surface area (Å²) in [5.41, 5.74) is 1.11. The number of alkyl halides is 3. The molecule has 0 saturated carbocycles. The summed E-state index contributed by atoms with van der Waals surface area (Å²) in [6.45, 7) is 0. The standard InChI is InChI=1S/C18H11F3N4OS/c19-18(20,21)12-3-1-2-10(6-12)17-24-15(9-27-17)16(26)23-13-4-5-14-11(7-13)8-22-25-14/h1-9H,(H,22,25)(H,23,26). The van der Waals surface area contributed by atoms with Crippen LogP contribution >= 0.6 is 11.3 Å². The molecule has 0 radical (unpaired) electrons. The molecule has 5 nitrogen and oxygen atoms in total. The second-order valence-corrected chi connectivity index (χ2v) is 6.60. The maximum atomic E-state index is 12.9. The second kappa shape index (κ2) is 6.51. The molecule has 0 aliphatic rings. The molecule has 4 rings (SSSR count). The number of thiazole rings is 1. The van der Waals surface area contributed by atoms with Gasteiger partial charge in [0.2, 0.25) is 0 Å². The number of amides is 1. The van der Waals surface area contributed by atoms with Gasteiger partial charge in [0.05, 0.1) is 17.3 Å². The lowest BCUT2D eigenvalue weighted by atomic mass is 10.1. The van der Waals surface area contributed by atoms with Crippen LogP contribution in [0.1, 0.15) is 16.1 Å². The number of halogens is 3. The molecule has 4 aromatic rings. The van der Waals surface area contributed by atoms with E-state index in [-0.39, 0.29) is 5.69 Å². The van der Waals surface area contributed by atoms with Crippen LogP contribution in [0.5, 0.6) is 0 Å². The Labute approximate surface area is 154 Å². The van der Waals surface area contributed by atoms with Crippen LogP contribution in [0.3, 0.4) is 0 Å². The van der Waals surface area contributed by atoms with Gasteiger partial charge < -0.3 is 5.32 Å². The number of nitrogens with zero attached hydrogens (tertiary/aromatic N) is 2. The Bertz CT molecular complexity index is 1130. The quantitative estimate of drug-likeness (QED) is 0.521. The summed E-state index contributed by atoms with van der Waals surface area (Å²) in [5, 5.41) is 12.2. The van der Waals surface area contributed by atoms with Crippen LogP contribution in [-0.4, -0.2) is 21.1 Å². The molecular formula is C18H11F3N4OS. The van der Waals surface area contributed by atoms with Gasteiger partial charge in [0.25, 0.3) is 5.91 Å². The first-order chi connectivity index (χ1) is 12.9. The molecule has 1 amide bonds. The van der Waals surface area contributed by atoms with Gasteiger partial charge in [-0.15, -0.1) is 11.3 Å². The Kier molecular flexibility index (Phi) is 4.15. The number of benzene rings is 2. The van der Waals surface area contributed by atoms with E-state index in [0.29, 0.717) is 16.3 Å². The lowest BCUT2D eigenvalue weighted by molar-refractivity contribution is -0.137. The average Bonchev–Trinajstić information content (AvgIpc) is 3.30. The van der Waals surface area contributed by atoms with Crippen molar-refractivity contribution in [3.63, 3.8) is 0 Å². The fraction of sp³-hybridized carbons (Fsp3) is 0.0556. The molecule has 2 aromatic heterocycles. The van der Waals surface area contributed by atoms with Crippen molar-refractivity contribution in [2.45, 2.75) is 6.18 Å². The molecule has 0 atom stereocenters. The number of H-pyrrole nitrogens is 1. The van der Waals surface area contributed by atoms with E-state index in [4.69, 9.17) is 0 Å². The normalized spacial score (nSPS) is 11.7. The topological polar surface area (TPSA) is 70.7 Å². The smallest absolute Gasteiger partial charge is 0.321 e. The summed E-state index contributed by atoms with van der Waals surface area (Å²) in [4.78, 5) is 16.6. The van der Waals surface area contributed by atoms with Crippen LogP contribution in [0.2, 0.25) is 0 Å². The van der Waals surface area contributed by atoms with E-state index in [0.717, 1.165) is 34.4 Å². The Hall–Kier alpha value is -3.20. The zero-order chi connectivity index (χ0) is 19.0. The van der Waals surface area contributed by atoms with E-state index in [1.54, 1.807) is 24.4 Å². The number of rotatable bonds is 3. The largest absolute Gasteiger partial charge is 0.416 e. The number of carbonyl (C=O) groups is 1. The van der Waals surface area contributed by atoms with Gasteiger partial charge in [0.1, 0.15) is 10.7 Å². The molecule has 2 aromatic carbocycles. The molecule has 0 aliphatic heterocycles. The molecule has 136 valence electrons. The second-order valence-electron chi connectivity index (χ2n) is 5.74. The Balaban J connectivity index is 1.56. The first-order valence-corrected chi connectivity index (χ1v) is 8.66. The summed E-state index contributed by atoms with van der Waals surface area (Å²) in [5.74, 6) is -0.438. The first-order valence-electron chi connectivity index (χ1n) is 7.78. The fourth-order valence-electron chi connectivity index (χ4n) is 2.55. The van der Waals surface area contributed by atoms with Crippen molar-refractivity contribution in [2.24, 2.45) is 0 Å². The van der Waals surface area contributed by atoms with Gasteiger partial charge in [0.15, 0.2) is 0 Å². The Morgan fingerprint density at radius 2 is 2.00 bits per heavy atom. The summed E-state index contributed by atoms with van der Waals surface area (Å²) in [6.07, 6.45) is -2.79. The minimum Gasteiger partial charge on any atom is -0.321 e. The number of carbonyl (C=O) groups excluding carboxylic acids is 1. The van der Waals surface area contributed by atoms with Crippen LogP contribution in [0.15, 0.2) is 54.0 Å². The third kappa shape index (κ3) is 3.54. The Morgan fingerprint density at radius 3 is 2.81 bits per heavy atom. The minimum absolute atomic E-state index is 0.139.